The second-order valence-electron chi connectivity index (χ2n) is 9.15. The molecule has 37 heavy (non-hydrogen) atoms. The molecule has 0 unspecified atom stereocenters. The van der Waals surface area contributed by atoms with Crippen LogP contribution in [0, 0.1) is 0 Å². The molecule has 3 N–H and O–H groups in total. The van der Waals surface area contributed by atoms with E-state index in [9.17, 15) is 9.90 Å². The average Bonchev–Trinajstić information content (AvgIpc) is 3.23. The van der Waals surface area contributed by atoms with Crippen molar-refractivity contribution in [1.82, 2.24) is 20.3 Å². The van der Waals surface area contributed by atoms with Gasteiger partial charge in [0.2, 0.25) is 0 Å². The first kappa shape index (κ1) is 24.8. The topological polar surface area (TPSA) is 87.2 Å². The second kappa shape index (κ2) is 10.6. The number of aliphatic imine (C=N–C) groups is 1. The van der Waals surface area contributed by atoms with Gasteiger partial charge in [0.15, 0.2) is 5.88 Å². The third-order valence-electron chi connectivity index (χ3n) is 6.56. The normalized spacial score (nSPS) is 15.2. The van der Waals surface area contributed by atoms with E-state index in [1.54, 1.807) is 24.1 Å². The van der Waals surface area contributed by atoms with Crippen molar-refractivity contribution in [2.75, 3.05) is 45.2 Å². The van der Waals surface area contributed by atoms with Crippen LogP contribution in [0.5, 0.6) is 5.88 Å². The summed E-state index contributed by atoms with van der Waals surface area (Å²) in [6.45, 7) is 3.41. The number of nitrogens with zero attached hydrogens (tertiary/aromatic N) is 4. The number of aromatic nitrogens is 1. The van der Waals surface area contributed by atoms with Crippen LogP contribution in [0.25, 0.3) is 10.9 Å². The van der Waals surface area contributed by atoms with Crippen LogP contribution in [-0.2, 0) is 0 Å². The van der Waals surface area contributed by atoms with Gasteiger partial charge in [-0.25, -0.2) is 14.8 Å². The highest BCUT2D eigenvalue weighted by molar-refractivity contribution is 6.31. The molecule has 5 rings (SSSR count). The van der Waals surface area contributed by atoms with Crippen LogP contribution in [0.3, 0.4) is 0 Å². The predicted octanol–water partition coefficient (Wildman–Crippen LogP) is 5.00. The van der Waals surface area contributed by atoms with E-state index in [0.29, 0.717) is 22.0 Å². The number of aromatic hydroxyl groups is 1. The molecule has 0 radical (unpaired) electrons. The lowest BCUT2D eigenvalue weighted by Gasteiger charge is -2.33. The van der Waals surface area contributed by atoms with Crippen LogP contribution >= 0.6 is 11.6 Å². The number of nitrogens with one attached hydrogen (secondary N) is 2. The number of rotatable bonds is 5. The Balaban J connectivity index is 1.43. The van der Waals surface area contributed by atoms with Crippen LogP contribution in [0.4, 0.5) is 16.2 Å². The molecule has 3 aromatic carbocycles. The van der Waals surface area contributed by atoms with Crippen molar-refractivity contribution in [3.63, 3.8) is 0 Å². The highest BCUT2D eigenvalue weighted by Gasteiger charge is 2.20. The smallest absolute Gasteiger partial charge is 0.336 e. The highest BCUT2D eigenvalue weighted by Crippen LogP contribution is 2.33. The lowest BCUT2D eigenvalue weighted by atomic mass is 10.0. The molecule has 190 valence electrons. The van der Waals surface area contributed by atoms with Crippen molar-refractivity contribution in [3.8, 4) is 5.88 Å². The minimum Gasteiger partial charge on any atom is -0.494 e. The maximum atomic E-state index is 12.8. The second-order valence-corrected chi connectivity index (χ2v) is 9.58. The van der Waals surface area contributed by atoms with Gasteiger partial charge in [0, 0.05) is 54.9 Å². The Hall–Kier alpha value is -3.85. The van der Waals surface area contributed by atoms with Crippen LogP contribution in [0.2, 0.25) is 5.02 Å². The molecule has 1 aliphatic heterocycles. The van der Waals surface area contributed by atoms with Crippen LogP contribution < -0.4 is 10.3 Å². The molecule has 9 heteroatoms. The van der Waals surface area contributed by atoms with Crippen molar-refractivity contribution >= 4 is 45.6 Å². The molecule has 0 spiro atoms. The highest BCUT2D eigenvalue weighted by atomic mass is 35.5. The van der Waals surface area contributed by atoms with Gasteiger partial charge in [0.25, 0.3) is 0 Å². The van der Waals surface area contributed by atoms with E-state index in [-0.39, 0.29) is 11.9 Å². The van der Waals surface area contributed by atoms with E-state index < -0.39 is 0 Å². The van der Waals surface area contributed by atoms with Crippen LogP contribution in [-0.4, -0.2) is 72.0 Å². The Morgan fingerprint density at radius 3 is 2.43 bits per heavy atom. The lowest BCUT2D eigenvalue weighted by Crippen LogP contribution is -2.55. The van der Waals surface area contributed by atoms with Gasteiger partial charge in [0.05, 0.1) is 22.5 Å². The minimum atomic E-state index is -0.187. The van der Waals surface area contributed by atoms with Gasteiger partial charge in [-0.2, -0.15) is 0 Å². The fourth-order valence-corrected chi connectivity index (χ4v) is 4.55. The van der Waals surface area contributed by atoms with E-state index in [2.05, 4.69) is 22.4 Å². The van der Waals surface area contributed by atoms with Gasteiger partial charge in [-0.05, 0) is 43.4 Å². The van der Waals surface area contributed by atoms with Gasteiger partial charge in [-0.3, -0.25) is 10.3 Å². The van der Waals surface area contributed by atoms with Crippen molar-refractivity contribution in [1.29, 1.82) is 0 Å². The summed E-state index contributed by atoms with van der Waals surface area (Å²) in [4.78, 5) is 24.5. The monoisotopic (exact) mass is 516 g/mol. The number of hydrazine groups is 1. The Morgan fingerprint density at radius 2 is 1.73 bits per heavy atom. The molecule has 0 atom stereocenters. The maximum absolute atomic E-state index is 12.8. The summed E-state index contributed by atoms with van der Waals surface area (Å²) >= 11 is 6.16. The largest absolute Gasteiger partial charge is 0.494 e. The van der Waals surface area contributed by atoms with Gasteiger partial charge in [-0.1, -0.05) is 48.0 Å². The zero-order chi connectivity index (χ0) is 25.9. The molecule has 1 aliphatic rings. The number of fused-ring (bicyclic) bond motifs is 1. The van der Waals surface area contributed by atoms with E-state index in [1.807, 2.05) is 65.7 Å². The number of amides is 2. The van der Waals surface area contributed by atoms with E-state index in [0.717, 1.165) is 48.3 Å². The van der Waals surface area contributed by atoms with Gasteiger partial charge >= 0.3 is 6.03 Å². The molecule has 4 aromatic rings. The number of H-pyrrole nitrogens is 1. The molecule has 0 aliphatic carbocycles. The Labute approximate surface area is 220 Å². The molecule has 1 fully saturated rings. The van der Waals surface area contributed by atoms with Crippen LogP contribution in [0.1, 0.15) is 11.1 Å². The van der Waals surface area contributed by atoms with Crippen molar-refractivity contribution < 1.29 is 9.90 Å². The van der Waals surface area contributed by atoms with Gasteiger partial charge in [0.1, 0.15) is 0 Å². The lowest BCUT2D eigenvalue weighted by molar-refractivity contribution is 0.115. The maximum Gasteiger partial charge on any atom is 0.336 e. The number of carbonyl (C=O) groups is 1. The predicted molar refractivity (Wildman–Crippen MR) is 149 cm³/mol. The third kappa shape index (κ3) is 5.46. The van der Waals surface area contributed by atoms with Gasteiger partial charge in [-0.15, -0.1) is 0 Å². The van der Waals surface area contributed by atoms with E-state index in [4.69, 9.17) is 16.6 Å². The number of likely N-dealkylation sites (N-methyl/N-ethyl adjacent to an activating group) is 1. The number of carbonyl (C=O) groups excluding carboxylic acids is 1. The molecule has 1 aromatic heterocycles. The zero-order valence-electron chi connectivity index (χ0n) is 20.8. The van der Waals surface area contributed by atoms with Gasteiger partial charge < -0.3 is 15.0 Å². The summed E-state index contributed by atoms with van der Waals surface area (Å²) in [5.74, 6) is 0.0248. The zero-order valence-corrected chi connectivity index (χ0v) is 21.5. The van der Waals surface area contributed by atoms with E-state index in [1.165, 1.54) is 0 Å². The Morgan fingerprint density at radius 1 is 1.03 bits per heavy atom. The fourth-order valence-electron chi connectivity index (χ4n) is 4.38. The quantitative estimate of drug-likeness (QED) is 0.326. The minimum absolute atomic E-state index is 0.0248. The molecular weight excluding hydrogens is 488 g/mol. The summed E-state index contributed by atoms with van der Waals surface area (Å²) in [6.07, 6.45) is 0. The molecule has 2 heterocycles. The Kier molecular flexibility index (Phi) is 7.14. The molecule has 2 amide bonds. The number of hydrogen-bond acceptors (Lipinski definition) is 5. The first-order valence-corrected chi connectivity index (χ1v) is 12.5. The standard InChI is InChI=1S/C28H29ClN6O2/c1-33-14-16-35(17-15-33)32-28(37)34(2)22-11-9-21(10-12-22)30-26(19-6-4-3-5-7-19)25-23-13-8-20(29)18-24(23)31-27(25)36/h3-13,18,31,36H,14-17H2,1-2H3,(H,32,37). The number of anilines is 1. The number of urea groups is 1. The summed E-state index contributed by atoms with van der Waals surface area (Å²) in [5.41, 5.74) is 7.24. The summed E-state index contributed by atoms with van der Waals surface area (Å²) in [5, 5.41) is 14.2. The van der Waals surface area contributed by atoms with E-state index >= 15 is 0 Å². The van der Waals surface area contributed by atoms with Crippen molar-refractivity contribution in [2.24, 2.45) is 4.99 Å². The number of hydrogen-bond donors (Lipinski definition) is 3. The first-order chi connectivity index (χ1) is 17.9. The molecule has 0 bridgehead atoms. The fraction of sp³-hybridized carbons (Fsp3) is 0.214. The summed E-state index contributed by atoms with van der Waals surface area (Å²) < 4.78 is 0. The van der Waals surface area contributed by atoms with Crippen molar-refractivity contribution in [3.05, 3.63) is 88.9 Å². The third-order valence-corrected chi connectivity index (χ3v) is 6.80. The summed E-state index contributed by atoms with van der Waals surface area (Å²) in [6, 6.07) is 22.4. The number of aromatic amines is 1. The summed E-state index contributed by atoms with van der Waals surface area (Å²) in [7, 11) is 3.82. The molecule has 1 saturated heterocycles. The SMILES string of the molecule is CN1CCN(NC(=O)N(C)c2ccc(N=C(c3ccccc3)c3c(O)[nH]c4cc(Cl)ccc34)cc2)CC1. The number of benzene rings is 3. The number of piperazine rings is 1. The number of halogens is 1. The average molecular weight is 517 g/mol. The molecular formula is C28H29ClN6O2. The first-order valence-electron chi connectivity index (χ1n) is 12.1. The molecule has 0 saturated carbocycles. The molecule has 8 nitrogen and oxygen atoms in total. The van der Waals surface area contributed by atoms with Crippen LogP contribution in [0.15, 0.2) is 77.8 Å². The Bertz CT molecular complexity index is 1430. The van der Waals surface area contributed by atoms with Crippen molar-refractivity contribution in [2.45, 2.75) is 0 Å².